The summed E-state index contributed by atoms with van der Waals surface area (Å²) in [6.45, 7) is 8.82. The lowest BCUT2D eigenvalue weighted by atomic mass is 9.83. The molecule has 2 atom stereocenters. The smallest absolute Gasteiger partial charge is 0.410 e. The second-order valence-corrected chi connectivity index (χ2v) is 7.00. The summed E-state index contributed by atoms with van der Waals surface area (Å²) in [6.07, 6.45) is 2.87. The summed E-state index contributed by atoms with van der Waals surface area (Å²) < 4.78 is 10.8. The van der Waals surface area contributed by atoms with E-state index in [9.17, 15) is 4.79 Å². The number of likely N-dealkylation sites (tertiary alicyclic amines) is 1. The summed E-state index contributed by atoms with van der Waals surface area (Å²) in [5.74, 6) is 0.929. The molecule has 0 aliphatic carbocycles. The maximum absolute atomic E-state index is 12.0. The standard InChI is InChI=1S/C15H28N2O3/c1-15(2,3)20-14(18)17-7-4-12(10-17)13(16)11-5-8-19-9-6-11/h11-13H,4-10,16H2,1-3H3. The first-order valence-corrected chi connectivity index (χ1v) is 7.68. The normalized spacial score (nSPS) is 26.6. The van der Waals surface area contributed by atoms with Gasteiger partial charge in [0.25, 0.3) is 0 Å². The van der Waals surface area contributed by atoms with Crippen molar-refractivity contribution < 1.29 is 14.3 Å². The van der Waals surface area contributed by atoms with Crippen LogP contribution in [0.25, 0.3) is 0 Å². The first kappa shape index (κ1) is 15.6. The number of hydrogen-bond acceptors (Lipinski definition) is 4. The summed E-state index contributed by atoms with van der Waals surface area (Å²) in [5, 5.41) is 0. The largest absolute Gasteiger partial charge is 0.444 e. The van der Waals surface area contributed by atoms with Crippen LogP contribution >= 0.6 is 0 Å². The number of ether oxygens (including phenoxy) is 2. The average Bonchev–Trinajstić information content (AvgIpc) is 2.86. The zero-order chi connectivity index (χ0) is 14.8. The van der Waals surface area contributed by atoms with Crippen LogP contribution in [0.5, 0.6) is 0 Å². The minimum absolute atomic E-state index is 0.173. The maximum atomic E-state index is 12.0. The summed E-state index contributed by atoms with van der Waals surface area (Å²) in [4.78, 5) is 13.8. The Morgan fingerprint density at radius 2 is 1.90 bits per heavy atom. The minimum Gasteiger partial charge on any atom is -0.444 e. The SMILES string of the molecule is CC(C)(C)OC(=O)N1CCC(C(N)C2CCOCC2)C1. The van der Waals surface area contributed by atoms with Crippen LogP contribution in [0, 0.1) is 11.8 Å². The number of nitrogens with zero attached hydrogens (tertiary/aromatic N) is 1. The number of nitrogens with two attached hydrogens (primary N) is 1. The molecule has 0 saturated carbocycles. The van der Waals surface area contributed by atoms with Gasteiger partial charge in [-0.1, -0.05) is 0 Å². The Kier molecular flexibility index (Phi) is 4.91. The van der Waals surface area contributed by atoms with Gasteiger partial charge in [-0.05, 0) is 51.9 Å². The molecule has 2 aliphatic rings. The Bertz CT molecular complexity index is 335. The molecule has 5 nitrogen and oxygen atoms in total. The van der Waals surface area contributed by atoms with E-state index in [-0.39, 0.29) is 12.1 Å². The highest BCUT2D eigenvalue weighted by Gasteiger charge is 2.35. The van der Waals surface area contributed by atoms with Gasteiger partial charge in [-0.3, -0.25) is 0 Å². The van der Waals surface area contributed by atoms with Crippen molar-refractivity contribution >= 4 is 6.09 Å². The fraction of sp³-hybridized carbons (Fsp3) is 0.933. The van der Waals surface area contributed by atoms with Crippen LogP contribution in [0.1, 0.15) is 40.0 Å². The lowest BCUT2D eigenvalue weighted by Crippen LogP contribution is -2.42. The Balaban J connectivity index is 1.83. The third-order valence-corrected chi connectivity index (χ3v) is 4.23. The molecule has 2 heterocycles. The van der Waals surface area contributed by atoms with E-state index in [1.807, 2.05) is 20.8 Å². The zero-order valence-corrected chi connectivity index (χ0v) is 12.9. The molecule has 2 unspecified atom stereocenters. The molecule has 2 N–H and O–H groups in total. The van der Waals surface area contributed by atoms with E-state index in [0.29, 0.717) is 11.8 Å². The molecule has 5 heteroatoms. The van der Waals surface area contributed by atoms with E-state index in [1.165, 1.54) is 0 Å². The fourth-order valence-electron chi connectivity index (χ4n) is 3.08. The van der Waals surface area contributed by atoms with Crippen molar-refractivity contribution in [3.63, 3.8) is 0 Å². The first-order chi connectivity index (χ1) is 9.37. The summed E-state index contributed by atoms with van der Waals surface area (Å²) in [5.41, 5.74) is 5.98. The maximum Gasteiger partial charge on any atom is 0.410 e. The predicted molar refractivity (Wildman–Crippen MR) is 77.4 cm³/mol. The second kappa shape index (κ2) is 6.31. The Hall–Kier alpha value is -0.810. The van der Waals surface area contributed by atoms with Crippen LogP contribution in [0.2, 0.25) is 0 Å². The summed E-state index contributed by atoms with van der Waals surface area (Å²) in [7, 11) is 0. The molecule has 0 aromatic carbocycles. The van der Waals surface area contributed by atoms with Crippen molar-refractivity contribution in [2.75, 3.05) is 26.3 Å². The Morgan fingerprint density at radius 3 is 2.50 bits per heavy atom. The van der Waals surface area contributed by atoms with Crippen molar-refractivity contribution in [1.82, 2.24) is 4.90 Å². The topological polar surface area (TPSA) is 64.8 Å². The minimum atomic E-state index is -0.433. The molecule has 0 bridgehead atoms. The van der Waals surface area contributed by atoms with Crippen LogP contribution in [-0.4, -0.2) is 48.9 Å². The monoisotopic (exact) mass is 284 g/mol. The highest BCUT2D eigenvalue weighted by atomic mass is 16.6. The summed E-state index contributed by atoms with van der Waals surface area (Å²) >= 11 is 0. The van der Waals surface area contributed by atoms with Gasteiger partial charge in [0, 0.05) is 32.3 Å². The highest BCUT2D eigenvalue weighted by Crippen LogP contribution is 2.28. The van der Waals surface area contributed by atoms with Crippen molar-refractivity contribution in [1.29, 1.82) is 0 Å². The van der Waals surface area contributed by atoms with Gasteiger partial charge < -0.3 is 20.1 Å². The Labute approximate surface area is 121 Å². The van der Waals surface area contributed by atoms with E-state index >= 15 is 0 Å². The summed E-state index contributed by atoms with van der Waals surface area (Å²) in [6, 6.07) is 0.173. The number of amides is 1. The highest BCUT2D eigenvalue weighted by molar-refractivity contribution is 5.68. The van der Waals surface area contributed by atoms with Gasteiger partial charge in [0.2, 0.25) is 0 Å². The van der Waals surface area contributed by atoms with Gasteiger partial charge in [0.15, 0.2) is 0 Å². The number of carbonyl (C=O) groups is 1. The number of hydrogen-bond donors (Lipinski definition) is 1. The molecule has 116 valence electrons. The third kappa shape index (κ3) is 4.09. The fourth-order valence-corrected chi connectivity index (χ4v) is 3.08. The molecule has 20 heavy (non-hydrogen) atoms. The lowest BCUT2D eigenvalue weighted by Gasteiger charge is -2.31. The molecule has 2 rings (SSSR count). The van der Waals surface area contributed by atoms with Crippen LogP contribution < -0.4 is 5.73 Å². The van der Waals surface area contributed by atoms with Crippen molar-refractivity contribution in [2.45, 2.75) is 51.7 Å². The van der Waals surface area contributed by atoms with Crippen molar-refractivity contribution in [3.8, 4) is 0 Å². The lowest BCUT2D eigenvalue weighted by molar-refractivity contribution is 0.0272. The van der Waals surface area contributed by atoms with Gasteiger partial charge in [0.05, 0.1) is 0 Å². The van der Waals surface area contributed by atoms with Gasteiger partial charge >= 0.3 is 6.09 Å². The quantitative estimate of drug-likeness (QED) is 0.842. The van der Waals surface area contributed by atoms with E-state index in [1.54, 1.807) is 4.90 Å². The van der Waals surface area contributed by atoms with E-state index in [4.69, 9.17) is 15.2 Å². The molecule has 2 saturated heterocycles. The number of rotatable bonds is 2. The molecular weight excluding hydrogens is 256 g/mol. The van der Waals surface area contributed by atoms with E-state index < -0.39 is 5.60 Å². The average molecular weight is 284 g/mol. The third-order valence-electron chi connectivity index (χ3n) is 4.23. The number of carbonyl (C=O) groups excluding carboxylic acids is 1. The van der Waals surface area contributed by atoms with Crippen molar-refractivity contribution in [2.24, 2.45) is 17.6 Å². The van der Waals surface area contributed by atoms with Crippen LogP contribution in [-0.2, 0) is 9.47 Å². The van der Waals surface area contributed by atoms with Gasteiger partial charge in [0.1, 0.15) is 5.60 Å². The second-order valence-electron chi connectivity index (χ2n) is 7.00. The molecular formula is C15H28N2O3. The molecule has 0 aromatic rings. The van der Waals surface area contributed by atoms with Crippen LogP contribution in [0.15, 0.2) is 0 Å². The molecule has 2 fully saturated rings. The molecule has 0 spiro atoms. The molecule has 2 aliphatic heterocycles. The first-order valence-electron chi connectivity index (χ1n) is 7.68. The molecule has 1 amide bonds. The molecule has 0 radical (unpaired) electrons. The zero-order valence-electron chi connectivity index (χ0n) is 12.9. The van der Waals surface area contributed by atoms with E-state index in [0.717, 1.165) is 45.6 Å². The van der Waals surface area contributed by atoms with Gasteiger partial charge in [-0.25, -0.2) is 4.79 Å². The van der Waals surface area contributed by atoms with Gasteiger partial charge in [-0.2, -0.15) is 0 Å². The Morgan fingerprint density at radius 1 is 1.25 bits per heavy atom. The van der Waals surface area contributed by atoms with E-state index in [2.05, 4.69) is 0 Å². The molecule has 0 aromatic heterocycles. The van der Waals surface area contributed by atoms with Crippen LogP contribution in [0.3, 0.4) is 0 Å². The van der Waals surface area contributed by atoms with Crippen LogP contribution in [0.4, 0.5) is 4.79 Å². The van der Waals surface area contributed by atoms with Crippen molar-refractivity contribution in [3.05, 3.63) is 0 Å². The van der Waals surface area contributed by atoms with Gasteiger partial charge in [-0.15, -0.1) is 0 Å². The predicted octanol–water partition coefficient (Wildman–Crippen LogP) is 2.00.